The SMILES string of the molecule is CCCc1cc(CN)cc(Oc2ccc(Cl)cc2C)n1. The Kier molecular flexibility index (Phi) is 4.99. The number of aryl methyl sites for hydroxylation is 2. The van der Waals surface area contributed by atoms with Crippen LogP contribution >= 0.6 is 11.6 Å². The van der Waals surface area contributed by atoms with Gasteiger partial charge in [0.15, 0.2) is 0 Å². The minimum absolute atomic E-state index is 0.481. The summed E-state index contributed by atoms with van der Waals surface area (Å²) in [5.74, 6) is 1.35. The number of aromatic nitrogens is 1. The number of benzene rings is 1. The van der Waals surface area contributed by atoms with Crippen LogP contribution in [0.1, 0.15) is 30.2 Å². The number of ether oxygens (including phenoxy) is 1. The first-order valence-electron chi connectivity index (χ1n) is 6.76. The first-order valence-corrected chi connectivity index (χ1v) is 7.14. The van der Waals surface area contributed by atoms with E-state index in [0.717, 1.165) is 35.4 Å². The fourth-order valence-electron chi connectivity index (χ4n) is 2.01. The van der Waals surface area contributed by atoms with Crippen molar-refractivity contribution in [3.63, 3.8) is 0 Å². The zero-order chi connectivity index (χ0) is 14.5. The molecule has 2 rings (SSSR count). The van der Waals surface area contributed by atoms with E-state index in [1.54, 1.807) is 0 Å². The van der Waals surface area contributed by atoms with Crippen molar-refractivity contribution in [2.75, 3.05) is 0 Å². The van der Waals surface area contributed by atoms with E-state index in [1.807, 2.05) is 37.3 Å². The van der Waals surface area contributed by atoms with Crippen LogP contribution in [-0.2, 0) is 13.0 Å². The predicted molar refractivity (Wildman–Crippen MR) is 82.4 cm³/mol. The molecule has 0 unspecified atom stereocenters. The summed E-state index contributed by atoms with van der Waals surface area (Å²) in [6.07, 6.45) is 1.96. The van der Waals surface area contributed by atoms with E-state index >= 15 is 0 Å². The van der Waals surface area contributed by atoms with Gasteiger partial charge in [0.05, 0.1) is 0 Å². The van der Waals surface area contributed by atoms with Crippen LogP contribution in [0.25, 0.3) is 0 Å². The minimum Gasteiger partial charge on any atom is -0.439 e. The molecular formula is C16H19ClN2O. The molecule has 4 heteroatoms. The van der Waals surface area contributed by atoms with E-state index in [-0.39, 0.29) is 0 Å². The summed E-state index contributed by atoms with van der Waals surface area (Å²) in [6.45, 7) is 4.57. The molecule has 2 N–H and O–H groups in total. The van der Waals surface area contributed by atoms with E-state index in [2.05, 4.69) is 11.9 Å². The summed E-state index contributed by atoms with van der Waals surface area (Å²) in [5.41, 5.74) is 8.75. The molecule has 20 heavy (non-hydrogen) atoms. The maximum atomic E-state index is 5.95. The third-order valence-corrected chi connectivity index (χ3v) is 3.24. The molecule has 1 heterocycles. The molecular weight excluding hydrogens is 272 g/mol. The number of rotatable bonds is 5. The molecule has 0 aliphatic carbocycles. The van der Waals surface area contributed by atoms with Crippen molar-refractivity contribution < 1.29 is 4.74 Å². The lowest BCUT2D eigenvalue weighted by Crippen LogP contribution is -2.01. The zero-order valence-corrected chi connectivity index (χ0v) is 12.6. The monoisotopic (exact) mass is 290 g/mol. The van der Waals surface area contributed by atoms with Gasteiger partial charge in [0.1, 0.15) is 5.75 Å². The standard InChI is InChI=1S/C16H19ClN2O/c1-3-4-14-8-12(10-18)9-16(19-14)20-15-6-5-13(17)7-11(15)2/h5-9H,3-4,10,18H2,1-2H3. The van der Waals surface area contributed by atoms with Crippen molar-refractivity contribution in [1.29, 1.82) is 0 Å². The maximum absolute atomic E-state index is 5.95. The van der Waals surface area contributed by atoms with E-state index < -0.39 is 0 Å². The lowest BCUT2D eigenvalue weighted by Gasteiger charge is -2.11. The zero-order valence-electron chi connectivity index (χ0n) is 11.8. The molecule has 0 aliphatic heterocycles. The second-order valence-corrected chi connectivity index (χ2v) is 5.21. The molecule has 0 saturated heterocycles. The van der Waals surface area contributed by atoms with Gasteiger partial charge in [-0.2, -0.15) is 0 Å². The van der Waals surface area contributed by atoms with Gasteiger partial charge in [-0.25, -0.2) is 4.98 Å². The van der Waals surface area contributed by atoms with Gasteiger partial charge >= 0.3 is 0 Å². The van der Waals surface area contributed by atoms with Crippen molar-refractivity contribution in [1.82, 2.24) is 4.98 Å². The fourth-order valence-corrected chi connectivity index (χ4v) is 2.24. The van der Waals surface area contributed by atoms with Gasteiger partial charge in [0.25, 0.3) is 0 Å². The third-order valence-electron chi connectivity index (χ3n) is 3.01. The number of hydrogen-bond donors (Lipinski definition) is 1. The Balaban J connectivity index is 2.29. The van der Waals surface area contributed by atoms with Crippen LogP contribution in [0.2, 0.25) is 5.02 Å². The van der Waals surface area contributed by atoms with Crippen LogP contribution < -0.4 is 10.5 Å². The average molecular weight is 291 g/mol. The number of nitrogens with zero attached hydrogens (tertiary/aromatic N) is 1. The highest BCUT2D eigenvalue weighted by Crippen LogP contribution is 2.27. The van der Waals surface area contributed by atoms with Crippen molar-refractivity contribution in [2.24, 2.45) is 5.73 Å². The summed E-state index contributed by atoms with van der Waals surface area (Å²) in [7, 11) is 0. The van der Waals surface area contributed by atoms with Crippen LogP contribution in [-0.4, -0.2) is 4.98 Å². The Morgan fingerprint density at radius 1 is 1.25 bits per heavy atom. The summed E-state index contributed by atoms with van der Waals surface area (Å²) < 4.78 is 5.87. The van der Waals surface area contributed by atoms with Gasteiger partial charge in [-0.1, -0.05) is 24.9 Å². The number of hydrogen-bond acceptors (Lipinski definition) is 3. The highest BCUT2D eigenvalue weighted by molar-refractivity contribution is 6.30. The van der Waals surface area contributed by atoms with Crippen LogP contribution in [0.5, 0.6) is 11.6 Å². The summed E-state index contributed by atoms with van der Waals surface area (Å²) in [4.78, 5) is 4.52. The Labute approximate surface area is 124 Å². The van der Waals surface area contributed by atoms with Crippen LogP contribution in [0.15, 0.2) is 30.3 Å². The molecule has 0 amide bonds. The van der Waals surface area contributed by atoms with Crippen LogP contribution in [0.3, 0.4) is 0 Å². The van der Waals surface area contributed by atoms with E-state index in [1.165, 1.54) is 0 Å². The van der Waals surface area contributed by atoms with Gasteiger partial charge in [0.2, 0.25) is 5.88 Å². The molecule has 1 aromatic heterocycles. The number of pyridine rings is 1. The molecule has 2 aromatic rings. The molecule has 1 aromatic carbocycles. The van der Waals surface area contributed by atoms with Crippen LogP contribution in [0.4, 0.5) is 0 Å². The predicted octanol–water partition coefficient (Wildman–Crippen LogP) is 4.25. The minimum atomic E-state index is 0.481. The fraction of sp³-hybridized carbons (Fsp3) is 0.312. The molecule has 106 valence electrons. The number of nitrogens with two attached hydrogens (primary N) is 1. The Morgan fingerprint density at radius 2 is 2.05 bits per heavy atom. The van der Waals surface area contributed by atoms with Crippen molar-refractivity contribution in [3.8, 4) is 11.6 Å². The molecule has 3 nitrogen and oxygen atoms in total. The highest BCUT2D eigenvalue weighted by Gasteiger charge is 2.06. The van der Waals surface area contributed by atoms with Crippen molar-refractivity contribution >= 4 is 11.6 Å². The molecule has 0 saturated carbocycles. The second kappa shape index (κ2) is 6.73. The van der Waals surface area contributed by atoms with Gasteiger partial charge in [-0.3, -0.25) is 0 Å². The maximum Gasteiger partial charge on any atom is 0.219 e. The van der Waals surface area contributed by atoms with E-state index in [4.69, 9.17) is 22.1 Å². The molecule has 0 atom stereocenters. The topological polar surface area (TPSA) is 48.1 Å². The number of halogens is 1. The lowest BCUT2D eigenvalue weighted by molar-refractivity contribution is 0.456. The first kappa shape index (κ1) is 14.8. The van der Waals surface area contributed by atoms with Gasteiger partial charge in [-0.05, 0) is 48.7 Å². The normalized spacial score (nSPS) is 10.6. The van der Waals surface area contributed by atoms with Crippen LogP contribution in [0, 0.1) is 6.92 Å². The summed E-state index contributed by atoms with van der Waals surface area (Å²) in [6, 6.07) is 9.45. The van der Waals surface area contributed by atoms with Crippen molar-refractivity contribution in [2.45, 2.75) is 33.2 Å². The largest absolute Gasteiger partial charge is 0.439 e. The quantitative estimate of drug-likeness (QED) is 0.895. The van der Waals surface area contributed by atoms with E-state index in [9.17, 15) is 0 Å². The average Bonchev–Trinajstić information content (AvgIpc) is 2.42. The van der Waals surface area contributed by atoms with E-state index in [0.29, 0.717) is 17.4 Å². The van der Waals surface area contributed by atoms with Crippen molar-refractivity contribution in [3.05, 3.63) is 52.2 Å². The van der Waals surface area contributed by atoms with Gasteiger partial charge < -0.3 is 10.5 Å². The highest BCUT2D eigenvalue weighted by atomic mass is 35.5. The molecule has 0 spiro atoms. The van der Waals surface area contributed by atoms with Gasteiger partial charge in [0, 0.05) is 23.3 Å². The molecule has 0 bridgehead atoms. The Hall–Kier alpha value is -1.58. The van der Waals surface area contributed by atoms with Gasteiger partial charge in [-0.15, -0.1) is 0 Å². The second-order valence-electron chi connectivity index (χ2n) is 4.77. The molecule has 0 aliphatic rings. The first-order chi connectivity index (χ1) is 9.62. The summed E-state index contributed by atoms with van der Waals surface area (Å²) in [5, 5.41) is 0.699. The lowest BCUT2D eigenvalue weighted by atomic mass is 10.1. The smallest absolute Gasteiger partial charge is 0.219 e. The Morgan fingerprint density at radius 3 is 2.70 bits per heavy atom. The molecule has 0 fully saturated rings. The summed E-state index contributed by atoms with van der Waals surface area (Å²) >= 11 is 5.95. The third kappa shape index (κ3) is 3.71. The molecule has 0 radical (unpaired) electrons. The Bertz CT molecular complexity index is 599.